The Bertz CT molecular complexity index is 1080. The summed E-state index contributed by atoms with van der Waals surface area (Å²) in [6.07, 6.45) is 1.64. The summed E-state index contributed by atoms with van der Waals surface area (Å²) in [6.45, 7) is 7.77. The summed E-state index contributed by atoms with van der Waals surface area (Å²) in [5.74, 6) is -0.939. The molecule has 1 amide bonds. The van der Waals surface area contributed by atoms with Gasteiger partial charge in [0.05, 0.1) is 24.8 Å². The molecule has 0 saturated carbocycles. The first-order valence-electron chi connectivity index (χ1n) is 11.2. The van der Waals surface area contributed by atoms with Crippen LogP contribution < -0.4 is 4.74 Å². The third kappa shape index (κ3) is 5.17. The van der Waals surface area contributed by atoms with Gasteiger partial charge in [-0.15, -0.1) is 0 Å². The number of amides is 1. The standard InChI is InChI=1S/C26H27ClN2O5/c1-2-15-34-21-9-5-19(6-10-21)24(30)22-23(18-3-7-20(27)8-4-18)29(26(32)25(22)31)12-11-28-13-16-33-17-14-28/h2-10,23,30H,1,11-17H2/b24-22+. The summed E-state index contributed by atoms with van der Waals surface area (Å²) < 4.78 is 10.9. The Hall–Kier alpha value is -3.13. The van der Waals surface area contributed by atoms with Crippen LogP contribution in [-0.4, -0.2) is 72.6 Å². The van der Waals surface area contributed by atoms with E-state index in [0.717, 1.165) is 13.1 Å². The fraction of sp³-hybridized carbons (Fsp3) is 0.308. The molecule has 1 N–H and O–H groups in total. The SMILES string of the molecule is C=CCOc1ccc(/C(O)=C2\C(=O)C(=O)N(CCN3CCOCC3)C2c2ccc(Cl)cc2)cc1. The van der Waals surface area contributed by atoms with Gasteiger partial charge in [-0.2, -0.15) is 0 Å². The van der Waals surface area contributed by atoms with Gasteiger partial charge in [-0.25, -0.2) is 0 Å². The van der Waals surface area contributed by atoms with E-state index in [4.69, 9.17) is 21.1 Å². The monoisotopic (exact) mass is 482 g/mol. The number of ketones is 1. The highest BCUT2D eigenvalue weighted by Crippen LogP contribution is 2.39. The van der Waals surface area contributed by atoms with Gasteiger partial charge in [0.25, 0.3) is 11.7 Å². The second-order valence-electron chi connectivity index (χ2n) is 8.12. The van der Waals surface area contributed by atoms with Gasteiger partial charge in [-0.3, -0.25) is 14.5 Å². The average Bonchev–Trinajstić information content (AvgIpc) is 3.12. The van der Waals surface area contributed by atoms with Crippen LogP contribution in [0.5, 0.6) is 5.75 Å². The zero-order valence-electron chi connectivity index (χ0n) is 18.8. The molecule has 2 aliphatic heterocycles. The van der Waals surface area contributed by atoms with Gasteiger partial charge in [-0.1, -0.05) is 36.4 Å². The number of ether oxygens (including phenoxy) is 2. The lowest BCUT2D eigenvalue weighted by molar-refractivity contribution is -0.140. The molecule has 2 fully saturated rings. The van der Waals surface area contributed by atoms with Gasteiger partial charge >= 0.3 is 0 Å². The topological polar surface area (TPSA) is 79.3 Å². The highest BCUT2D eigenvalue weighted by molar-refractivity contribution is 6.46. The molecule has 7 nitrogen and oxygen atoms in total. The lowest BCUT2D eigenvalue weighted by Gasteiger charge is -2.31. The normalized spacial score (nSPS) is 20.5. The van der Waals surface area contributed by atoms with E-state index in [2.05, 4.69) is 11.5 Å². The van der Waals surface area contributed by atoms with Crippen molar-refractivity contribution in [3.63, 3.8) is 0 Å². The predicted molar refractivity (Wildman–Crippen MR) is 130 cm³/mol. The van der Waals surface area contributed by atoms with Gasteiger partial charge in [0, 0.05) is 36.8 Å². The van der Waals surface area contributed by atoms with Crippen LogP contribution >= 0.6 is 11.6 Å². The summed E-state index contributed by atoms with van der Waals surface area (Å²) in [5.41, 5.74) is 1.20. The number of halogens is 1. The van der Waals surface area contributed by atoms with Crippen LogP contribution in [0.15, 0.2) is 66.8 Å². The second-order valence-corrected chi connectivity index (χ2v) is 8.56. The minimum atomic E-state index is -0.713. The molecule has 2 saturated heterocycles. The molecule has 34 heavy (non-hydrogen) atoms. The molecule has 0 aromatic heterocycles. The molecule has 2 aromatic carbocycles. The lowest BCUT2D eigenvalue weighted by Crippen LogP contribution is -2.42. The lowest BCUT2D eigenvalue weighted by atomic mass is 9.95. The van der Waals surface area contributed by atoms with Gasteiger partial charge in [0.1, 0.15) is 18.1 Å². The van der Waals surface area contributed by atoms with Crippen molar-refractivity contribution < 1.29 is 24.2 Å². The Morgan fingerprint density at radius 1 is 1.09 bits per heavy atom. The maximum Gasteiger partial charge on any atom is 0.295 e. The Balaban J connectivity index is 1.68. The summed E-state index contributed by atoms with van der Waals surface area (Å²) in [6, 6.07) is 13.0. The Labute approximate surface area is 203 Å². The van der Waals surface area contributed by atoms with Crippen molar-refractivity contribution in [3.8, 4) is 5.75 Å². The minimum Gasteiger partial charge on any atom is -0.507 e. The number of aliphatic hydroxyl groups excluding tert-OH is 1. The zero-order valence-corrected chi connectivity index (χ0v) is 19.5. The molecule has 2 aliphatic rings. The van der Waals surface area contributed by atoms with Crippen LogP contribution in [0.25, 0.3) is 5.76 Å². The summed E-state index contributed by atoms with van der Waals surface area (Å²) in [5, 5.41) is 11.7. The van der Waals surface area contributed by atoms with Crippen LogP contribution in [-0.2, 0) is 14.3 Å². The molecular formula is C26H27ClN2O5. The first kappa shape index (κ1) is 24.0. The van der Waals surface area contributed by atoms with Crippen molar-refractivity contribution in [3.05, 3.63) is 82.9 Å². The first-order chi connectivity index (χ1) is 16.5. The number of nitrogens with zero attached hydrogens (tertiary/aromatic N) is 2. The van der Waals surface area contributed by atoms with Crippen molar-refractivity contribution in [1.82, 2.24) is 9.80 Å². The number of Topliss-reactive ketones (excluding diaryl/α,β-unsaturated/α-hetero) is 1. The third-order valence-electron chi connectivity index (χ3n) is 5.98. The highest BCUT2D eigenvalue weighted by Gasteiger charge is 2.46. The largest absolute Gasteiger partial charge is 0.507 e. The quantitative estimate of drug-likeness (QED) is 0.268. The molecule has 2 heterocycles. The molecule has 0 bridgehead atoms. The molecule has 1 unspecified atom stereocenters. The molecule has 8 heteroatoms. The maximum atomic E-state index is 13.1. The number of benzene rings is 2. The fourth-order valence-corrected chi connectivity index (χ4v) is 4.32. The van der Waals surface area contributed by atoms with E-state index in [0.29, 0.717) is 54.8 Å². The molecule has 0 aliphatic carbocycles. The molecule has 4 rings (SSSR count). The highest BCUT2D eigenvalue weighted by atomic mass is 35.5. The number of rotatable bonds is 8. The summed E-state index contributed by atoms with van der Waals surface area (Å²) in [4.78, 5) is 29.9. The van der Waals surface area contributed by atoms with Crippen LogP contribution in [0.1, 0.15) is 17.2 Å². The fourth-order valence-electron chi connectivity index (χ4n) is 4.20. The van der Waals surface area contributed by atoms with Crippen LogP contribution in [0.4, 0.5) is 0 Å². The number of likely N-dealkylation sites (tertiary alicyclic amines) is 1. The van der Waals surface area contributed by atoms with Gasteiger partial charge < -0.3 is 19.5 Å². The summed E-state index contributed by atoms with van der Waals surface area (Å²) >= 11 is 6.08. The number of carbonyl (C=O) groups is 2. The van der Waals surface area contributed by atoms with E-state index in [1.807, 2.05) is 0 Å². The molecule has 0 radical (unpaired) electrons. The van der Waals surface area contributed by atoms with E-state index in [1.54, 1.807) is 54.6 Å². The van der Waals surface area contributed by atoms with E-state index in [9.17, 15) is 14.7 Å². The summed E-state index contributed by atoms with van der Waals surface area (Å²) in [7, 11) is 0. The number of carbonyl (C=O) groups excluding carboxylic acids is 2. The van der Waals surface area contributed by atoms with Crippen molar-refractivity contribution in [2.75, 3.05) is 46.0 Å². The van der Waals surface area contributed by atoms with Crippen LogP contribution in [0.2, 0.25) is 5.02 Å². The third-order valence-corrected chi connectivity index (χ3v) is 6.23. The Morgan fingerprint density at radius 2 is 1.76 bits per heavy atom. The van der Waals surface area contributed by atoms with Crippen molar-refractivity contribution in [1.29, 1.82) is 0 Å². The minimum absolute atomic E-state index is 0.0639. The number of hydrogen-bond donors (Lipinski definition) is 1. The Morgan fingerprint density at radius 3 is 2.41 bits per heavy atom. The van der Waals surface area contributed by atoms with Gasteiger partial charge in [0.2, 0.25) is 0 Å². The number of morpholine rings is 1. The van der Waals surface area contributed by atoms with E-state index >= 15 is 0 Å². The van der Waals surface area contributed by atoms with E-state index in [1.165, 1.54) is 4.90 Å². The molecular weight excluding hydrogens is 456 g/mol. The smallest absolute Gasteiger partial charge is 0.295 e. The maximum absolute atomic E-state index is 13.1. The molecule has 178 valence electrons. The Kier molecular flexibility index (Phi) is 7.67. The first-order valence-corrected chi connectivity index (χ1v) is 11.6. The van der Waals surface area contributed by atoms with Gasteiger partial charge in [-0.05, 0) is 42.0 Å². The van der Waals surface area contributed by atoms with E-state index in [-0.39, 0.29) is 11.3 Å². The number of aliphatic hydroxyl groups is 1. The van der Waals surface area contributed by atoms with Crippen LogP contribution in [0, 0.1) is 0 Å². The predicted octanol–water partition coefficient (Wildman–Crippen LogP) is 3.66. The average molecular weight is 483 g/mol. The van der Waals surface area contributed by atoms with Gasteiger partial charge in [0.15, 0.2) is 0 Å². The second kappa shape index (κ2) is 10.9. The molecule has 0 spiro atoms. The van der Waals surface area contributed by atoms with Crippen molar-refractivity contribution in [2.45, 2.75) is 6.04 Å². The van der Waals surface area contributed by atoms with E-state index < -0.39 is 17.7 Å². The number of hydrogen-bond acceptors (Lipinski definition) is 6. The van der Waals surface area contributed by atoms with Crippen molar-refractivity contribution in [2.24, 2.45) is 0 Å². The molecule has 2 aromatic rings. The zero-order chi connectivity index (χ0) is 24.1. The van der Waals surface area contributed by atoms with Crippen LogP contribution in [0.3, 0.4) is 0 Å². The molecule has 1 atom stereocenters. The van der Waals surface area contributed by atoms with Crippen molar-refractivity contribution >= 4 is 29.1 Å².